The topological polar surface area (TPSA) is 133 Å². The van der Waals surface area contributed by atoms with Gasteiger partial charge in [-0.05, 0) is 61.6 Å². The predicted octanol–water partition coefficient (Wildman–Crippen LogP) is 6.58. The number of nitrogens with zero attached hydrogens (tertiary/aromatic N) is 2. The van der Waals surface area contributed by atoms with Gasteiger partial charge in [-0.3, -0.25) is 15.2 Å². The van der Waals surface area contributed by atoms with Crippen LogP contribution in [-0.4, -0.2) is 36.1 Å². The number of ether oxygens (including phenoxy) is 1. The minimum Gasteiger partial charge on any atom is -0.492 e. The first-order valence-electron chi connectivity index (χ1n) is 13.5. The van der Waals surface area contributed by atoms with Crippen LogP contribution >= 0.6 is 11.9 Å². The van der Waals surface area contributed by atoms with Crippen LogP contribution in [0.25, 0.3) is 0 Å². The Labute approximate surface area is 250 Å². The molecule has 0 radical (unpaired) electrons. The van der Waals surface area contributed by atoms with E-state index in [1.165, 1.54) is 17.0 Å². The van der Waals surface area contributed by atoms with Crippen molar-refractivity contribution < 1.29 is 9.53 Å². The quantitative estimate of drug-likeness (QED) is 0.0502. The molecule has 2 rings (SSSR count). The molecular formula is C31H47N7O2S. The Morgan fingerprint density at radius 2 is 1.76 bits per heavy atom. The Bertz CT molecular complexity index is 1310. The molecule has 0 aliphatic heterocycles. The molecule has 0 saturated heterocycles. The van der Waals surface area contributed by atoms with Crippen molar-refractivity contribution in [3.05, 3.63) is 71.2 Å². The zero-order chi connectivity index (χ0) is 31.2. The summed E-state index contributed by atoms with van der Waals surface area (Å²) in [5, 5.41) is 12.9. The summed E-state index contributed by atoms with van der Waals surface area (Å²) in [5.74, 6) is 7.10. The van der Waals surface area contributed by atoms with E-state index in [1.54, 1.807) is 30.3 Å². The molecule has 2 aromatic rings. The number of methoxy groups -OCH3 is 1. The maximum absolute atomic E-state index is 13.5. The maximum atomic E-state index is 13.5. The van der Waals surface area contributed by atoms with E-state index in [1.807, 2.05) is 59.1 Å². The highest BCUT2D eigenvalue weighted by atomic mass is 32.2. The van der Waals surface area contributed by atoms with Crippen molar-refractivity contribution in [2.45, 2.75) is 66.8 Å². The van der Waals surface area contributed by atoms with Crippen molar-refractivity contribution in [3.8, 4) is 5.75 Å². The first-order chi connectivity index (χ1) is 19.0. The van der Waals surface area contributed by atoms with Crippen LogP contribution in [0.4, 0.5) is 17.1 Å². The molecule has 0 atom stereocenters. The van der Waals surface area contributed by atoms with Crippen molar-refractivity contribution >= 4 is 40.8 Å². The molecule has 0 unspecified atom stereocenters. The molecule has 41 heavy (non-hydrogen) atoms. The summed E-state index contributed by atoms with van der Waals surface area (Å²) >= 11 is 1.45. The number of hydrogen-bond acceptors (Lipinski definition) is 8. The second-order valence-electron chi connectivity index (χ2n) is 11.6. The predicted molar refractivity (Wildman–Crippen MR) is 176 cm³/mol. The van der Waals surface area contributed by atoms with E-state index in [-0.39, 0.29) is 23.3 Å². The zero-order valence-electron chi connectivity index (χ0n) is 26.1. The van der Waals surface area contributed by atoms with E-state index >= 15 is 0 Å². The first-order valence-corrected chi connectivity index (χ1v) is 14.8. The van der Waals surface area contributed by atoms with Crippen LogP contribution in [0.3, 0.4) is 0 Å². The molecule has 0 aromatic heterocycles. The molecule has 1 amide bonds. The Balaban J connectivity index is 2.44. The number of carbonyl (C=O) groups excluding carboxylic acids is 1. The zero-order valence-corrected chi connectivity index (χ0v) is 26.9. The highest BCUT2D eigenvalue weighted by Gasteiger charge is 2.23. The monoisotopic (exact) mass is 581 g/mol. The molecule has 0 fully saturated rings. The maximum Gasteiger partial charge on any atom is 0.255 e. The van der Waals surface area contributed by atoms with E-state index in [0.717, 1.165) is 16.8 Å². The number of nitrogens with one attached hydrogen (secondary N) is 3. The SMILES string of the molecule is C=C(/C(N)=C/N(N)c1cc(C(=O)Nc2cc(C(C)(C)C)cc(NSC)c2OC)ccc1C)N(C(=N)C(C)C)C(C)C. The third-order valence-corrected chi connectivity index (χ3v) is 7.02. The average Bonchev–Trinajstić information content (AvgIpc) is 2.87. The van der Waals surface area contributed by atoms with Crippen molar-refractivity contribution in [3.63, 3.8) is 0 Å². The van der Waals surface area contributed by atoms with Gasteiger partial charge in [0.25, 0.3) is 5.91 Å². The molecule has 0 bridgehead atoms. The van der Waals surface area contributed by atoms with Crippen molar-refractivity contribution in [1.29, 1.82) is 5.41 Å². The van der Waals surface area contributed by atoms with Gasteiger partial charge in [-0.15, -0.1) is 0 Å². The fourth-order valence-electron chi connectivity index (χ4n) is 4.23. The Kier molecular flexibility index (Phi) is 11.3. The van der Waals surface area contributed by atoms with E-state index < -0.39 is 0 Å². The summed E-state index contributed by atoms with van der Waals surface area (Å²) in [7, 11) is 1.58. The second kappa shape index (κ2) is 13.8. The number of nitrogens with two attached hydrogens (primary N) is 2. The molecule has 9 nitrogen and oxygen atoms in total. The van der Waals surface area contributed by atoms with Crippen molar-refractivity contribution in [2.24, 2.45) is 17.5 Å². The summed E-state index contributed by atoms with van der Waals surface area (Å²) in [4.78, 5) is 15.3. The summed E-state index contributed by atoms with van der Waals surface area (Å²) in [5.41, 5.74) is 11.3. The lowest BCUT2D eigenvalue weighted by atomic mass is 9.86. The molecule has 7 N–H and O–H groups in total. The van der Waals surface area contributed by atoms with Gasteiger partial charge in [-0.25, -0.2) is 5.84 Å². The number of hydrazine groups is 1. The lowest BCUT2D eigenvalue weighted by molar-refractivity contribution is 0.102. The molecule has 10 heteroatoms. The van der Waals surface area contributed by atoms with Gasteiger partial charge in [0.15, 0.2) is 5.75 Å². The Morgan fingerprint density at radius 1 is 1.15 bits per heavy atom. The number of amides is 1. The number of benzene rings is 2. The minimum absolute atomic E-state index is 0.00340. The van der Waals surface area contributed by atoms with Crippen LogP contribution < -0.4 is 31.4 Å². The fourth-order valence-corrected chi connectivity index (χ4v) is 4.60. The number of amidine groups is 1. The molecular weight excluding hydrogens is 534 g/mol. The third-order valence-electron chi connectivity index (χ3n) is 6.59. The minimum atomic E-state index is -0.308. The molecule has 0 aliphatic carbocycles. The number of aryl methyl sites for hydroxylation is 1. The average molecular weight is 582 g/mol. The van der Waals surface area contributed by atoms with Crippen LogP contribution in [0.15, 0.2) is 54.5 Å². The normalized spacial score (nSPS) is 11.9. The lowest BCUT2D eigenvalue weighted by Gasteiger charge is -2.33. The van der Waals surface area contributed by atoms with Crippen molar-refractivity contribution in [2.75, 3.05) is 28.4 Å². The lowest BCUT2D eigenvalue weighted by Crippen LogP contribution is -2.40. The third kappa shape index (κ3) is 8.20. The van der Waals surface area contributed by atoms with Gasteiger partial charge in [0.2, 0.25) is 0 Å². The number of hydrogen-bond donors (Lipinski definition) is 5. The summed E-state index contributed by atoms with van der Waals surface area (Å²) < 4.78 is 8.93. The van der Waals surface area contributed by atoms with Crippen LogP contribution in [0, 0.1) is 18.3 Å². The summed E-state index contributed by atoms with van der Waals surface area (Å²) in [6, 6.07) is 9.27. The fraction of sp³-hybridized carbons (Fsp3) is 0.419. The van der Waals surface area contributed by atoms with E-state index in [2.05, 4.69) is 37.4 Å². The van der Waals surface area contributed by atoms with Gasteiger partial charge in [0.1, 0.15) is 5.84 Å². The molecule has 2 aromatic carbocycles. The smallest absolute Gasteiger partial charge is 0.255 e. The van der Waals surface area contributed by atoms with Gasteiger partial charge in [-0.2, -0.15) is 0 Å². The second-order valence-corrected chi connectivity index (χ2v) is 12.2. The van der Waals surface area contributed by atoms with Gasteiger partial charge in [0.05, 0.1) is 35.6 Å². The van der Waals surface area contributed by atoms with Crippen LogP contribution in [0.1, 0.15) is 70.0 Å². The number of anilines is 3. The molecule has 0 spiro atoms. The number of carbonyl (C=O) groups is 1. The molecule has 0 saturated carbocycles. The largest absolute Gasteiger partial charge is 0.492 e. The number of rotatable bonds is 11. The summed E-state index contributed by atoms with van der Waals surface area (Å²) in [6.45, 7) is 20.2. The Hall–Kier alpha value is -3.63. The van der Waals surface area contributed by atoms with Gasteiger partial charge in [-0.1, -0.05) is 59.2 Å². The van der Waals surface area contributed by atoms with E-state index in [0.29, 0.717) is 39.9 Å². The van der Waals surface area contributed by atoms with Gasteiger partial charge in [0, 0.05) is 30.0 Å². The molecule has 0 heterocycles. The highest BCUT2D eigenvalue weighted by Crippen LogP contribution is 2.39. The highest BCUT2D eigenvalue weighted by molar-refractivity contribution is 7.99. The summed E-state index contributed by atoms with van der Waals surface area (Å²) in [6.07, 6.45) is 3.49. The van der Waals surface area contributed by atoms with Gasteiger partial charge < -0.3 is 25.4 Å². The standard InChI is InChI=1S/C31H47N7O2S/c1-18(2)29(33)38(19(3)4)21(6)24(32)17-37(34)27-14-22(13-12-20(27)5)30(39)35-25-15-23(31(7,8)9)16-26(36-41-11)28(25)40-10/h12-19,33,36H,6,32,34H2,1-5,7-11H3,(H,35,39)/b24-17-,33-29?. The van der Waals surface area contributed by atoms with Crippen LogP contribution in [-0.2, 0) is 5.41 Å². The molecule has 224 valence electrons. The van der Waals surface area contributed by atoms with E-state index in [4.69, 9.17) is 21.7 Å². The Morgan fingerprint density at radius 3 is 2.27 bits per heavy atom. The first kappa shape index (κ1) is 33.6. The molecule has 0 aliphatic rings. The van der Waals surface area contributed by atoms with Crippen LogP contribution in [0.2, 0.25) is 0 Å². The van der Waals surface area contributed by atoms with Crippen LogP contribution in [0.5, 0.6) is 5.75 Å². The van der Waals surface area contributed by atoms with Gasteiger partial charge >= 0.3 is 0 Å². The van der Waals surface area contributed by atoms with Crippen molar-refractivity contribution in [1.82, 2.24) is 4.90 Å². The van der Waals surface area contributed by atoms with E-state index in [9.17, 15) is 4.79 Å².